The van der Waals surface area contributed by atoms with Crippen molar-refractivity contribution in [1.29, 1.82) is 0 Å². The fourth-order valence-corrected chi connectivity index (χ4v) is 2.03. The number of benzene rings is 2. The summed E-state index contributed by atoms with van der Waals surface area (Å²) in [4.78, 5) is 0. The summed E-state index contributed by atoms with van der Waals surface area (Å²) in [7, 11) is 3.68. The smallest absolute Gasteiger partial charge is 0.126 e. The predicted octanol–water partition coefficient (Wildman–Crippen LogP) is 3.64. The number of hydrogen-bond acceptors (Lipinski definition) is 2. The Kier molecular flexibility index (Phi) is 4.00. The zero-order valence-corrected chi connectivity index (χ0v) is 11.1. The fourth-order valence-electron chi connectivity index (χ4n) is 2.03. The van der Waals surface area contributed by atoms with E-state index in [0.29, 0.717) is 6.04 Å². The van der Waals surface area contributed by atoms with Crippen LogP contribution in [0, 0.1) is 0 Å². The molecule has 94 valence electrons. The maximum atomic E-state index is 5.41. The summed E-state index contributed by atoms with van der Waals surface area (Å²) in [5.41, 5.74) is 3.60. The molecule has 0 aromatic heterocycles. The standard InChI is InChI=1S/C16H19NO/c1-12(17-2)13-7-6-8-14(11-13)15-9-4-5-10-16(15)18-3/h4-12,17H,1-3H3. The van der Waals surface area contributed by atoms with E-state index in [1.807, 2.05) is 25.2 Å². The first-order valence-corrected chi connectivity index (χ1v) is 6.17. The Morgan fingerprint density at radius 1 is 1.06 bits per heavy atom. The van der Waals surface area contributed by atoms with Crippen molar-refractivity contribution in [2.24, 2.45) is 0 Å². The van der Waals surface area contributed by atoms with E-state index in [2.05, 4.69) is 42.6 Å². The van der Waals surface area contributed by atoms with Gasteiger partial charge >= 0.3 is 0 Å². The minimum absolute atomic E-state index is 0.347. The highest BCUT2D eigenvalue weighted by Crippen LogP contribution is 2.30. The van der Waals surface area contributed by atoms with Crippen LogP contribution in [0.1, 0.15) is 18.5 Å². The summed E-state index contributed by atoms with van der Waals surface area (Å²) in [5, 5.41) is 3.26. The summed E-state index contributed by atoms with van der Waals surface area (Å²) in [5.74, 6) is 0.909. The second kappa shape index (κ2) is 5.69. The lowest BCUT2D eigenvalue weighted by Gasteiger charge is -2.13. The number of nitrogens with one attached hydrogen (secondary N) is 1. The zero-order chi connectivity index (χ0) is 13.0. The number of rotatable bonds is 4. The van der Waals surface area contributed by atoms with Crippen LogP contribution in [0.2, 0.25) is 0 Å². The van der Waals surface area contributed by atoms with Crippen LogP contribution < -0.4 is 10.1 Å². The Labute approximate surface area is 109 Å². The Hall–Kier alpha value is -1.80. The van der Waals surface area contributed by atoms with Gasteiger partial charge in [0.05, 0.1) is 7.11 Å². The molecule has 0 spiro atoms. The van der Waals surface area contributed by atoms with Crippen LogP contribution in [0.5, 0.6) is 5.75 Å². The number of methoxy groups -OCH3 is 1. The van der Waals surface area contributed by atoms with Crippen LogP contribution in [0.15, 0.2) is 48.5 Å². The first-order chi connectivity index (χ1) is 8.76. The Morgan fingerprint density at radius 2 is 1.83 bits per heavy atom. The molecule has 0 amide bonds. The normalized spacial score (nSPS) is 12.2. The van der Waals surface area contributed by atoms with Crippen LogP contribution in [-0.2, 0) is 0 Å². The summed E-state index contributed by atoms with van der Waals surface area (Å²) >= 11 is 0. The van der Waals surface area contributed by atoms with Crippen LogP contribution >= 0.6 is 0 Å². The number of para-hydroxylation sites is 1. The van der Waals surface area contributed by atoms with E-state index in [-0.39, 0.29) is 0 Å². The van der Waals surface area contributed by atoms with Crippen molar-refractivity contribution in [3.63, 3.8) is 0 Å². The van der Waals surface area contributed by atoms with Gasteiger partial charge in [0.15, 0.2) is 0 Å². The van der Waals surface area contributed by atoms with E-state index >= 15 is 0 Å². The van der Waals surface area contributed by atoms with Gasteiger partial charge < -0.3 is 10.1 Å². The van der Waals surface area contributed by atoms with Crippen molar-refractivity contribution >= 4 is 0 Å². The molecule has 0 aliphatic carbocycles. The molecular formula is C16H19NO. The predicted molar refractivity (Wildman–Crippen MR) is 75.9 cm³/mol. The molecule has 0 saturated carbocycles. The number of hydrogen-bond donors (Lipinski definition) is 1. The van der Waals surface area contributed by atoms with E-state index in [1.165, 1.54) is 11.1 Å². The van der Waals surface area contributed by atoms with Crippen molar-refractivity contribution in [3.05, 3.63) is 54.1 Å². The van der Waals surface area contributed by atoms with Crippen LogP contribution in [-0.4, -0.2) is 14.2 Å². The highest BCUT2D eigenvalue weighted by Gasteiger charge is 2.07. The molecular weight excluding hydrogens is 222 g/mol. The second-order valence-corrected chi connectivity index (χ2v) is 4.34. The molecule has 0 radical (unpaired) electrons. The topological polar surface area (TPSA) is 21.3 Å². The van der Waals surface area contributed by atoms with E-state index in [4.69, 9.17) is 4.74 Å². The summed E-state index contributed by atoms with van der Waals surface area (Å²) in [6.45, 7) is 2.15. The minimum Gasteiger partial charge on any atom is -0.496 e. The molecule has 0 aliphatic heterocycles. The first kappa shape index (κ1) is 12.7. The van der Waals surface area contributed by atoms with Crippen molar-refractivity contribution in [2.45, 2.75) is 13.0 Å². The molecule has 2 aromatic carbocycles. The molecule has 2 heteroatoms. The lowest BCUT2D eigenvalue weighted by Crippen LogP contribution is -2.12. The van der Waals surface area contributed by atoms with Gasteiger partial charge in [0.25, 0.3) is 0 Å². The molecule has 2 aromatic rings. The first-order valence-electron chi connectivity index (χ1n) is 6.17. The van der Waals surface area contributed by atoms with Gasteiger partial charge in [0, 0.05) is 11.6 Å². The van der Waals surface area contributed by atoms with Crippen LogP contribution in [0.25, 0.3) is 11.1 Å². The lowest BCUT2D eigenvalue weighted by atomic mass is 9.99. The summed E-state index contributed by atoms with van der Waals surface area (Å²) in [6.07, 6.45) is 0. The maximum Gasteiger partial charge on any atom is 0.126 e. The molecule has 0 fully saturated rings. The SMILES string of the molecule is CNC(C)c1cccc(-c2ccccc2OC)c1. The average molecular weight is 241 g/mol. The third kappa shape index (κ3) is 2.54. The third-order valence-electron chi connectivity index (χ3n) is 3.24. The Bertz CT molecular complexity index is 522. The largest absolute Gasteiger partial charge is 0.496 e. The minimum atomic E-state index is 0.347. The fraction of sp³-hybridized carbons (Fsp3) is 0.250. The average Bonchev–Trinajstić information content (AvgIpc) is 2.46. The van der Waals surface area contributed by atoms with Gasteiger partial charge in [-0.2, -0.15) is 0 Å². The molecule has 18 heavy (non-hydrogen) atoms. The number of ether oxygens (including phenoxy) is 1. The molecule has 1 N–H and O–H groups in total. The molecule has 1 unspecified atom stereocenters. The molecule has 1 atom stereocenters. The van der Waals surface area contributed by atoms with E-state index in [0.717, 1.165) is 11.3 Å². The quantitative estimate of drug-likeness (QED) is 0.882. The van der Waals surface area contributed by atoms with Gasteiger partial charge in [0.1, 0.15) is 5.75 Å². The molecule has 0 saturated heterocycles. The van der Waals surface area contributed by atoms with Gasteiger partial charge in [-0.25, -0.2) is 0 Å². The van der Waals surface area contributed by atoms with Gasteiger partial charge in [-0.15, -0.1) is 0 Å². The molecule has 0 bridgehead atoms. The van der Waals surface area contributed by atoms with Crippen molar-refractivity contribution in [1.82, 2.24) is 5.32 Å². The molecule has 2 rings (SSSR count). The Balaban J connectivity index is 2.44. The zero-order valence-electron chi connectivity index (χ0n) is 11.1. The van der Waals surface area contributed by atoms with Gasteiger partial charge in [-0.3, -0.25) is 0 Å². The Morgan fingerprint density at radius 3 is 2.56 bits per heavy atom. The highest BCUT2D eigenvalue weighted by atomic mass is 16.5. The lowest BCUT2D eigenvalue weighted by molar-refractivity contribution is 0.416. The van der Waals surface area contributed by atoms with E-state index < -0.39 is 0 Å². The van der Waals surface area contributed by atoms with Crippen molar-refractivity contribution < 1.29 is 4.74 Å². The van der Waals surface area contributed by atoms with E-state index in [9.17, 15) is 0 Å². The molecule has 2 nitrogen and oxygen atoms in total. The highest BCUT2D eigenvalue weighted by molar-refractivity contribution is 5.70. The maximum absolute atomic E-state index is 5.41. The van der Waals surface area contributed by atoms with Gasteiger partial charge in [0.2, 0.25) is 0 Å². The van der Waals surface area contributed by atoms with Crippen molar-refractivity contribution in [3.8, 4) is 16.9 Å². The summed E-state index contributed by atoms with van der Waals surface area (Å²) < 4.78 is 5.41. The monoisotopic (exact) mass is 241 g/mol. The molecule has 0 aliphatic rings. The second-order valence-electron chi connectivity index (χ2n) is 4.34. The molecule has 0 heterocycles. The van der Waals surface area contributed by atoms with E-state index in [1.54, 1.807) is 7.11 Å². The van der Waals surface area contributed by atoms with Crippen LogP contribution in [0.3, 0.4) is 0 Å². The third-order valence-corrected chi connectivity index (χ3v) is 3.24. The summed E-state index contributed by atoms with van der Waals surface area (Å²) in [6, 6.07) is 17.0. The van der Waals surface area contributed by atoms with Crippen molar-refractivity contribution in [2.75, 3.05) is 14.2 Å². The van der Waals surface area contributed by atoms with Gasteiger partial charge in [-0.05, 0) is 37.2 Å². The van der Waals surface area contributed by atoms with Crippen LogP contribution in [0.4, 0.5) is 0 Å². The van der Waals surface area contributed by atoms with Gasteiger partial charge in [-0.1, -0.05) is 36.4 Å².